The third kappa shape index (κ3) is 3.66. The van der Waals surface area contributed by atoms with Crippen LogP contribution in [0.3, 0.4) is 0 Å². The van der Waals surface area contributed by atoms with E-state index in [1.807, 2.05) is 6.92 Å². The number of ether oxygens (including phenoxy) is 1. The lowest BCUT2D eigenvalue weighted by Crippen LogP contribution is -2.45. The van der Waals surface area contributed by atoms with Crippen LogP contribution >= 0.6 is 0 Å². The number of aromatic nitrogens is 7. The normalized spacial score (nSPS) is 17.8. The van der Waals surface area contributed by atoms with E-state index in [0.717, 1.165) is 12.8 Å². The number of aryl methyl sites for hydroxylation is 1. The number of rotatable bonds is 6. The van der Waals surface area contributed by atoms with E-state index in [1.165, 1.54) is 16.9 Å². The highest BCUT2D eigenvalue weighted by Crippen LogP contribution is 2.33. The van der Waals surface area contributed by atoms with Gasteiger partial charge in [-0.2, -0.15) is 14.6 Å². The van der Waals surface area contributed by atoms with Gasteiger partial charge in [0.15, 0.2) is 11.6 Å². The van der Waals surface area contributed by atoms with E-state index in [2.05, 4.69) is 30.7 Å². The second-order valence-electron chi connectivity index (χ2n) is 7.71. The lowest BCUT2D eigenvalue weighted by Gasteiger charge is -2.35. The number of carbonyl (C=O) groups is 1. The highest BCUT2D eigenvalue weighted by atomic mass is 19.1. The molecule has 1 aliphatic carbocycles. The number of amides is 1. The zero-order valence-electron chi connectivity index (χ0n) is 17.6. The predicted octanol–water partition coefficient (Wildman–Crippen LogP) is 2.36. The molecule has 164 valence electrons. The largest absolute Gasteiger partial charge is 0.491 e. The molecule has 0 radical (unpaired) electrons. The quantitative estimate of drug-likeness (QED) is 0.494. The minimum Gasteiger partial charge on any atom is -0.491 e. The van der Waals surface area contributed by atoms with Gasteiger partial charge in [0.25, 0.3) is 11.7 Å². The molecule has 0 spiro atoms. The molecular weight excluding hydrogens is 415 g/mol. The van der Waals surface area contributed by atoms with Gasteiger partial charge in [-0.05, 0) is 51.0 Å². The summed E-state index contributed by atoms with van der Waals surface area (Å²) in [6, 6.07) is 6.55. The molecule has 1 N–H and O–H groups in total. The van der Waals surface area contributed by atoms with Crippen molar-refractivity contribution in [2.24, 2.45) is 0 Å². The van der Waals surface area contributed by atoms with Crippen molar-refractivity contribution in [3.63, 3.8) is 0 Å². The summed E-state index contributed by atoms with van der Waals surface area (Å²) in [5, 5.41) is 15.5. The molecule has 3 heterocycles. The molecule has 1 amide bonds. The minimum atomic E-state index is -0.432. The molecule has 10 nitrogen and oxygen atoms in total. The topological polar surface area (TPSA) is 112 Å². The molecule has 0 aliphatic heterocycles. The van der Waals surface area contributed by atoms with Crippen molar-refractivity contribution in [3.8, 4) is 17.0 Å². The monoisotopic (exact) mass is 436 g/mol. The Hall–Kier alpha value is -3.89. The molecule has 1 aromatic carbocycles. The van der Waals surface area contributed by atoms with Gasteiger partial charge >= 0.3 is 0 Å². The molecule has 1 saturated carbocycles. The fourth-order valence-electron chi connectivity index (χ4n) is 3.79. The van der Waals surface area contributed by atoms with Crippen molar-refractivity contribution in [1.29, 1.82) is 0 Å². The van der Waals surface area contributed by atoms with Crippen molar-refractivity contribution >= 4 is 11.7 Å². The average Bonchev–Trinajstić information content (AvgIpc) is 3.40. The number of halogens is 1. The van der Waals surface area contributed by atoms with Crippen LogP contribution in [0.1, 0.15) is 42.0 Å². The Morgan fingerprint density at radius 3 is 2.94 bits per heavy atom. The summed E-state index contributed by atoms with van der Waals surface area (Å²) >= 11 is 0. The summed E-state index contributed by atoms with van der Waals surface area (Å²) in [6.07, 6.45) is 4.60. The number of nitrogens with one attached hydrogen (secondary N) is 1. The number of fused-ring (bicyclic) bond motifs is 1. The number of carbonyl (C=O) groups excluding carboxylic acids is 1. The fraction of sp³-hybridized carbons (Fsp3) is 0.333. The number of hydrogen-bond acceptors (Lipinski definition) is 7. The van der Waals surface area contributed by atoms with E-state index in [4.69, 9.17) is 4.74 Å². The SMILES string of the molecule is CCOc1ccc(-c2cn(C3CC(NC(=O)c4cc(C)nc5ncnn45)C3)nn2)cc1F. The number of nitrogens with zero attached hydrogens (tertiary/aromatic N) is 7. The molecule has 32 heavy (non-hydrogen) atoms. The smallest absolute Gasteiger partial charge is 0.270 e. The van der Waals surface area contributed by atoms with Gasteiger partial charge in [-0.1, -0.05) is 5.21 Å². The van der Waals surface area contributed by atoms with Crippen molar-refractivity contribution in [2.75, 3.05) is 6.61 Å². The molecule has 1 aliphatic rings. The molecule has 4 aromatic rings. The van der Waals surface area contributed by atoms with Crippen molar-refractivity contribution < 1.29 is 13.9 Å². The van der Waals surface area contributed by atoms with Crippen molar-refractivity contribution in [1.82, 2.24) is 39.9 Å². The summed E-state index contributed by atoms with van der Waals surface area (Å²) in [7, 11) is 0. The van der Waals surface area contributed by atoms with E-state index in [9.17, 15) is 9.18 Å². The molecule has 5 rings (SSSR count). The Labute approximate surface area is 182 Å². The third-order valence-corrected chi connectivity index (χ3v) is 5.47. The zero-order valence-corrected chi connectivity index (χ0v) is 17.6. The summed E-state index contributed by atoms with van der Waals surface area (Å²) in [5.74, 6) is -0.0481. The van der Waals surface area contributed by atoms with Gasteiger partial charge < -0.3 is 10.1 Å². The molecule has 1 fully saturated rings. The third-order valence-electron chi connectivity index (χ3n) is 5.47. The van der Waals surface area contributed by atoms with E-state index in [0.29, 0.717) is 35.0 Å². The van der Waals surface area contributed by atoms with Crippen LogP contribution in [0.4, 0.5) is 4.39 Å². The Bertz CT molecular complexity index is 1290. The lowest BCUT2D eigenvalue weighted by atomic mass is 9.86. The Balaban J connectivity index is 1.23. The standard InChI is InChI=1S/C21H21FN8O2/c1-3-32-19-5-4-13(7-16(19)22)17-10-29(28-27-17)15-8-14(9-15)26-20(31)18-6-12(2)25-21-23-11-24-30(18)21/h4-7,10-11,14-15H,3,8-9H2,1-2H3,(H,26,31). The van der Waals surface area contributed by atoms with E-state index in [1.54, 1.807) is 36.0 Å². The predicted molar refractivity (Wildman–Crippen MR) is 112 cm³/mol. The van der Waals surface area contributed by atoms with Crippen LogP contribution in [0.25, 0.3) is 17.0 Å². The Morgan fingerprint density at radius 1 is 1.31 bits per heavy atom. The number of hydrogen-bond donors (Lipinski definition) is 1. The zero-order chi connectivity index (χ0) is 22.2. The van der Waals surface area contributed by atoms with Gasteiger partial charge in [0.05, 0.1) is 18.8 Å². The van der Waals surface area contributed by atoms with Gasteiger partial charge in [-0.25, -0.2) is 14.1 Å². The maximum absolute atomic E-state index is 14.1. The maximum Gasteiger partial charge on any atom is 0.270 e. The van der Waals surface area contributed by atoms with Gasteiger partial charge in [0.2, 0.25) is 0 Å². The molecule has 0 bridgehead atoms. The van der Waals surface area contributed by atoms with Crippen LogP contribution in [0, 0.1) is 12.7 Å². The first-order valence-corrected chi connectivity index (χ1v) is 10.3. The van der Waals surface area contributed by atoms with Crippen LogP contribution in [0.5, 0.6) is 5.75 Å². The van der Waals surface area contributed by atoms with Crippen LogP contribution < -0.4 is 10.1 Å². The summed E-state index contributed by atoms with van der Waals surface area (Å²) in [5.41, 5.74) is 2.31. The molecule has 0 saturated heterocycles. The minimum absolute atomic E-state index is 0.00936. The van der Waals surface area contributed by atoms with E-state index >= 15 is 0 Å². The Morgan fingerprint density at radius 2 is 2.16 bits per heavy atom. The average molecular weight is 436 g/mol. The highest BCUT2D eigenvalue weighted by molar-refractivity contribution is 5.93. The van der Waals surface area contributed by atoms with Crippen LogP contribution in [0.2, 0.25) is 0 Å². The maximum atomic E-state index is 14.1. The van der Waals surface area contributed by atoms with Crippen LogP contribution in [-0.4, -0.2) is 53.1 Å². The first kappa shape index (κ1) is 20.0. The van der Waals surface area contributed by atoms with Crippen LogP contribution in [0.15, 0.2) is 36.8 Å². The summed E-state index contributed by atoms with van der Waals surface area (Å²) < 4.78 is 22.6. The van der Waals surface area contributed by atoms with Crippen molar-refractivity contribution in [2.45, 2.75) is 38.8 Å². The van der Waals surface area contributed by atoms with Crippen LogP contribution in [-0.2, 0) is 0 Å². The van der Waals surface area contributed by atoms with Gasteiger partial charge in [0, 0.05) is 17.3 Å². The van der Waals surface area contributed by atoms with Crippen molar-refractivity contribution in [3.05, 3.63) is 54.0 Å². The lowest BCUT2D eigenvalue weighted by molar-refractivity contribution is 0.0880. The molecule has 3 aromatic heterocycles. The fourth-order valence-corrected chi connectivity index (χ4v) is 3.79. The first-order chi connectivity index (χ1) is 15.5. The highest BCUT2D eigenvalue weighted by Gasteiger charge is 2.33. The molecule has 0 unspecified atom stereocenters. The number of benzene rings is 1. The second-order valence-corrected chi connectivity index (χ2v) is 7.71. The summed E-state index contributed by atoms with van der Waals surface area (Å²) in [6.45, 7) is 4.01. The Kier molecular flexibility index (Phi) is 5.00. The molecule has 0 atom stereocenters. The van der Waals surface area contributed by atoms with Gasteiger partial charge in [0.1, 0.15) is 17.7 Å². The summed E-state index contributed by atoms with van der Waals surface area (Å²) in [4.78, 5) is 21.0. The molecular formula is C21H21FN8O2. The van der Waals surface area contributed by atoms with Gasteiger partial charge in [-0.3, -0.25) is 4.79 Å². The van der Waals surface area contributed by atoms with Gasteiger partial charge in [-0.15, -0.1) is 5.10 Å². The van der Waals surface area contributed by atoms with E-state index in [-0.39, 0.29) is 23.7 Å². The van der Waals surface area contributed by atoms with E-state index < -0.39 is 5.82 Å². The molecule has 11 heteroatoms. The first-order valence-electron chi connectivity index (χ1n) is 10.3. The second kappa shape index (κ2) is 7.98.